The van der Waals surface area contributed by atoms with Crippen molar-refractivity contribution in [2.75, 3.05) is 0 Å². The molecule has 0 spiro atoms. The average Bonchev–Trinajstić information content (AvgIpc) is 3.30. The summed E-state index contributed by atoms with van der Waals surface area (Å²) in [5.41, 5.74) is -5.13. The number of aromatic carboxylic acids is 1. The molecule has 4 aliphatic heterocycles. The second kappa shape index (κ2) is 16.2. The van der Waals surface area contributed by atoms with Crippen LogP contribution in [0.25, 0.3) is 22.3 Å². The number of hydrogen-bond acceptors (Lipinski definition) is 19. The molecule has 0 radical (unpaired) electrons. The highest BCUT2D eigenvalue weighted by Crippen LogP contribution is 2.58. The fourth-order valence-corrected chi connectivity index (χ4v) is 9.71. The van der Waals surface area contributed by atoms with Crippen LogP contribution in [0, 0.1) is 0 Å². The molecular formula is C49H38O21. The molecule has 7 atom stereocenters. The second-order valence-electron chi connectivity index (χ2n) is 17.2. The number of carboxylic acids is 2. The monoisotopic (exact) mass is 962 g/mol. The number of ether oxygens (including phenoxy) is 3. The van der Waals surface area contributed by atoms with Gasteiger partial charge in [-0.15, -0.1) is 0 Å². The zero-order valence-corrected chi connectivity index (χ0v) is 35.6. The third-order valence-corrected chi connectivity index (χ3v) is 13.0. The van der Waals surface area contributed by atoms with Crippen molar-refractivity contribution in [1.29, 1.82) is 0 Å². The number of benzene rings is 6. The maximum Gasteiger partial charge on any atom is 0.337 e. The molecule has 70 heavy (non-hydrogen) atoms. The van der Waals surface area contributed by atoms with Gasteiger partial charge in [-0.05, 0) is 53.1 Å². The minimum absolute atomic E-state index is 0.0327. The molecule has 5 aliphatic rings. The predicted octanol–water partition coefficient (Wildman–Crippen LogP) is 4.27. The molecule has 4 heterocycles. The van der Waals surface area contributed by atoms with E-state index in [1.54, 1.807) is 0 Å². The van der Waals surface area contributed by atoms with Crippen molar-refractivity contribution in [1.82, 2.24) is 0 Å². The standard InChI is InChI=1S/C49H38O21/c50-21-4-1-15(7-26(21)55)41-30(59)10-18-24(53)13-29(58)34(44(18)68-41)36(48(63)64)38-40(62)20-12-32(61)43(17-3-6-23(52)28(57)9-17)70-46(20)39-37(49(65)66)35-33(67-47(38)39)14-25(54)19-11-31(60)42(69-45(19)35)16-2-5-22(51)27(56)8-16/h1-9,13-14,30-32,36,41-43,50-53,55-62H,10-12H2,(H,63,64)(H,65,66)/t30-,31+,32+,36?,41+,42-,43-/m1/s1. The van der Waals surface area contributed by atoms with Crippen LogP contribution in [-0.4, -0.2) is 102 Å². The Labute approximate surface area is 390 Å². The first-order chi connectivity index (χ1) is 33.2. The molecule has 21 heteroatoms. The predicted molar refractivity (Wildman–Crippen MR) is 236 cm³/mol. The fourth-order valence-electron chi connectivity index (χ4n) is 9.71. The summed E-state index contributed by atoms with van der Waals surface area (Å²) >= 11 is 0. The van der Waals surface area contributed by atoms with Crippen molar-refractivity contribution < 1.29 is 99.7 Å². The molecule has 21 nitrogen and oxygen atoms in total. The Morgan fingerprint density at radius 2 is 0.986 bits per heavy atom. The number of phenols is 9. The lowest BCUT2D eigenvalue weighted by molar-refractivity contribution is -0.137. The summed E-state index contributed by atoms with van der Waals surface area (Å²) in [4.78, 5) is 41.9. The van der Waals surface area contributed by atoms with E-state index in [2.05, 4.69) is 0 Å². The topological polar surface area (TPSA) is 375 Å². The van der Waals surface area contributed by atoms with Crippen molar-refractivity contribution in [2.24, 2.45) is 0 Å². The van der Waals surface area contributed by atoms with Crippen LogP contribution in [0.5, 0.6) is 69.0 Å². The lowest BCUT2D eigenvalue weighted by Crippen LogP contribution is -2.34. The van der Waals surface area contributed by atoms with Crippen molar-refractivity contribution in [3.05, 3.63) is 127 Å². The van der Waals surface area contributed by atoms with E-state index in [1.807, 2.05) is 0 Å². The van der Waals surface area contributed by atoms with Gasteiger partial charge in [-0.1, -0.05) is 18.2 Å². The van der Waals surface area contributed by atoms with Crippen LogP contribution < -0.4 is 19.6 Å². The zero-order valence-electron chi connectivity index (χ0n) is 35.6. The van der Waals surface area contributed by atoms with Gasteiger partial charge >= 0.3 is 11.9 Å². The minimum Gasteiger partial charge on any atom is -0.507 e. The number of aliphatic carboxylic acids is 1. The van der Waals surface area contributed by atoms with E-state index in [0.717, 1.165) is 48.5 Å². The van der Waals surface area contributed by atoms with Gasteiger partial charge in [-0.2, -0.15) is 0 Å². The third kappa shape index (κ3) is 6.93. The number of aliphatic hydroxyl groups is 3. The lowest BCUT2D eigenvalue weighted by atomic mass is 9.80. The van der Waals surface area contributed by atoms with E-state index in [9.17, 15) is 85.9 Å². The number of hydrogen-bond donors (Lipinski definition) is 14. The van der Waals surface area contributed by atoms with Gasteiger partial charge in [0.2, 0.25) is 0 Å². The maximum atomic E-state index is 14.0. The smallest absolute Gasteiger partial charge is 0.337 e. The van der Waals surface area contributed by atoms with E-state index in [1.165, 1.54) is 18.2 Å². The number of aromatic hydroxyl groups is 9. The first-order valence-corrected chi connectivity index (χ1v) is 21.2. The largest absolute Gasteiger partial charge is 0.507 e. The molecule has 0 saturated carbocycles. The Hall–Kier alpha value is -8.79. The molecule has 5 aromatic rings. The second-order valence-corrected chi connectivity index (χ2v) is 17.2. The molecule has 360 valence electrons. The summed E-state index contributed by atoms with van der Waals surface area (Å²) in [6, 6.07) is 11.9. The normalized spacial score (nSPS) is 20.8. The van der Waals surface area contributed by atoms with Gasteiger partial charge in [-0.3, -0.25) is 9.59 Å². The lowest BCUT2D eigenvalue weighted by Gasteiger charge is -2.36. The first-order valence-electron chi connectivity index (χ1n) is 21.2. The van der Waals surface area contributed by atoms with Gasteiger partial charge in [0.15, 0.2) is 39.9 Å². The van der Waals surface area contributed by atoms with Crippen LogP contribution >= 0.6 is 0 Å². The van der Waals surface area contributed by atoms with Crippen LogP contribution in [0.4, 0.5) is 0 Å². The Morgan fingerprint density at radius 3 is 1.47 bits per heavy atom. The molecule has 1 aliphatic carbocycles. The van der Waals surface area contributed by atoms with Crippen LogP contribution in [0.15, 0.2) is 75.9 Å². The van der Waals surface area contributed by atoms with Gasteiger partial charge in [0.1, 0.15) is 70.1 Å². The molecule has 1 unspecified atom stereocenters. The van der Waals surface area contributed by atoms with E-state index >= 15 is 0 Å². The van der Waals surface area contributed by atoms with Gasteiger partial charge < -0.3 is 90.1 Å². The van der Waals surface area contributed by atoms with Crippen molar-refractivity contribution >= 4 is 22.9 Å². The number of rotatable bonds is 7. The molecule has 0 bridgehead atoms. The van der Waals surface area contributed by atoms with E-state index in [4.69, 9.17) is 18.6 Å². The number of carbonyl (C=O) groups is 2. The van der Waals surface area contributed by atoms with Crippen LogP contribution in [0.1, 0.15) is 79.1 Å². The quantitative estimate of drug-likeness (QED) is 0.0783. The molecule has 0 amide bonds. The molecule has 14 N–H and O–H groups in total. The third-order valence-electron chi connectivity index (χ3n) is 13.0. The minimum atomic E-state index is -2.39. The summed E-state index contributed by atoms with van der Waals surface area (Å²) < 4.78 is 25.1. The van der Waals surface area contributed by atoms with Crippen molar-refractivity contribution in [3.63, 3.8) is 0 Å². The Morgan fingerprint density at radius 1 is 0.514 bits per heavy atom. The van der Waals surface area contributed by atoms with Gasteiger partial charge in [0.05, 0.1) is 46.0 Å². The van der Waals surface area contributed by atoms with Gasteiger partial charge in [0.25, 0.3) is 0 Å². The molecular weight excluding hydrogens is 925 g/mol. The summed E-state index contributed by atoms with van der Waals surface area (Å²) in [5, 5.41) is 153. The first kappa shape index (κ1) is 45.0. The number of phenolic OH excluding ortho intramolecular Hbond substituents is 9. The van der Waals surface area contributed by atoms with E-state index in [0.29, 0.717) is 0 Å². The van der Waals surface area contributed by atoms with Crippen LogP contribution in [0.3, 0.4) is 0 Å². The molecule has 0 saturated heterocycles. The van der Waals surface area contributed by atoms with Crippen LogP contribution in [-0.2, 0) is 24.1 Å². The highest BCUT2D eigenvalue weighted by atomic mass is 16.5. The van der Waals surface area contributed by atoms with E-state index < -0.39 is 193 Å². The molecule has 0 fully saturated rings. The van der Waals surface area contributed by atoms with Gasteiger partial charge in [0, 0.05) is 48.1 Å². The molecule has 10 rings (SSSR count). The highest BCUT2D eigenvalue weighted by Gasteiger charge is 2.46. The van der Waals surface area contributed by atoms with Crippen LogP contribution in [0.2, 0.25) is 0 Å². The molecule has 0 aromatic heterocycles. The molecule has 5 aromatic carbocycles. The summed E-state index contributed by atoms with van der Waals surface area (Å²) in [5.74, 6) is -14.2. The van der Waals surface area contributed by atoms with Crippen molar-refractivity contribution in [2.45, 2.75) is 61.8 Å². The highest BCUT2D eigenvalue weighted by molar-refractivity contribution is 6.14. The summed E-state index contributed by atoms with van der Waals surface area (Å²) in [6.07, 6.45) is -10.6. The Balaban J connectivity index is 1.28. The van der Waals surface area contributed by atoms with Crippen molar-refractivity contribution in [3.8, 4) is 80.3 Å². The fraction of sp³-hybridized carbons (Fsp3) is 0.204. The zero-order chi connectivity index (χ0) is 49.9. The number of carboxylic acid groups (broad SMARTS) is 2. The Kier molecular flexibility index (Phi) is 10.4. The van der Waals surface area contributed by atoms with Gasteiger partial charge in [-0.25, -0.2) is 4.79 Å². The SMILES string of the molecule is O=C(O)c1c2c3c(c(=O)cc-2oc2c(C(C(=O)O)c4c(O)cc(O)c5c4O[C@@H](c4ccc(O)c(O)c4)[C@H](O)C5)c(O)c4c(c12)O[C@H](c1ccc(O)c(O)c1)[C@@H](O)C4)C[C@H](O)[C@@H](c1ccc(O)c(O)c1)O3. The number of fused-ring (bicyclic) bond motifs is 7. The van der Waals surface area contributed by atoms with E-state index in [-0.39, 0.29) is 27.8 Å². The summed E-state index contributed by atoms with van der Waals surface area (Å²) in [6.45, 7) is 0. The maximum absolute atomic E-state index is 14.0. The Bertz CT molecular complexity index is 3410. The number of aliphatic hydroxyl groups excluding tert-OH is 3. The summed E-state index contributed by atoms with van der Waals surface area (Å²) in [7, 11) is 0. The average molecular weight is 963 g/mol.